The Labute approximate surface area is 172 Å². The minimum atomic E-state index is -0.652. The normalized spacial score (nSPS) is 11.1. The molecular weight excluding hydrogens is 374 g/mol. The minimum Gasteiger partial charge on any atom is -0.496 e. The van der Waals surface area contributed by atoms with Crippen LogP contribution in [0.25, 0.3) is 0 Å². The van der Waals surface area contributed by atoms with Crippen molar-refractivity contribution in [3.05, 3.63) is 23.8 Å². The second-order valence-electron chi connectivity index (χ2n) is 7.51. The van der Waals surface area contributed by atoms with Crippen molar-refractivity contribution in [1.29, 1.82) is 0 Å². The molecule has 0 heterocycles. The molecule has 0 aromatic heterocycles. The van der Waals surface area contributed by atoms with Crippen molar-refractivity contribution in [2.24, 2.45) is 0 Å². The van der Waals surface area contributed by atoms with E-state index < -0.39 is 23.9 Å². The molecule has 0 saturated carbocycles. The lowest BCUT2D eigenvalue weighted by Crippen LogP contribution is -2.34. The van der Waals surface area contributed by atoms with E-state index in [0.717, 1.165) is 19.6 Å². The van der Waals surface area contributed by atoms with Crippen LogP contribution in [0.3, 0.4) is 0 Å². The summed E-state index contributed by atoms with van der Waals surface area (Å²) in [7, 11) is 1.45. The summed E-state index contributed by atoms with van der Waals surface area (Å²) < 4.78 is 10.4. The van der Waals surface area contributed by atoms with E-state index in [1.54, 1.807) is 39.0 Å². The van der Waals surface area contributed by atoms with E-state index in [1.807, 2.05) is 0 Å². The lowest BCUT2D eigenvalue weighted by molar-refractivity contribution is -0.155. The van der Waals surface area contributed by atoms with Crippen molar-refractivity contribution in [1.82, 2.24) is 10.2 Å². The number of carbonyl (C=O) groups is 3. The van der Waals surface area contributed by atoms with Crippen molar-refractivity contribution in [3.8, 4) is 5.75 Å². The van der Waals surface area contributed by atoms with Crippen molar-refractivity contribution in [2.45, 2.75) is 46.6 Å². The molecule has 0 fully saturated rings. The fraction of sp³-hybridized carbons (Fsp3) is 0.571. The van der Waals surface area contributed by atoms with E-state index in [1.165, 1.54) is 7.11 Å². The van der Waals surface area contributed by atoms with Crippen LogP contribution in [0.2, 0.25) is 0 Å². The molecular formula is C21H33N3O5. The molecule has 0 aliphatic carbocycles. The molecule has 1 rings (SSSR count). The highest BCUT2D eigenvalue weighted by Crippen LogP contribution is 2.23. The summed E-state index contributed by atoms with van der Waals surface area (Å²) in [6.45, 7) is 12.5. The standard InChI is InChI=1S/C21H33N3O5/c1-7-24(8-2)12-11-22-20(27)16-10-9-15(13-17(16)28-6)23-18(25)14-19(26)29-21(3,4)5/h9-10,13H,7-8,11-12,14H2,1-6H3,(H,22,27)(H,23,25). The number of esters is 1. The minimum absolute atomic E-state index is 0.249. The second-order valence-corrected chi connectivity index (χ2v) is 7.51. The van der Waals surface area contributed by atoms with E-state index in [-0.39, 0.29) is 5.91 Å². The van der Waals surface area contributed by atoms with Gasteiger partial charge in [-0.3, -0.25) is 14.4 Å². The number of carbonyl (C=O) groups excluding carboxylic acids is 3. The van der Waals surface area contributed by atoms with Gasteiger partial charge < -0.3 is 25.0 Å². The van der Waals surface area contributed by atoms with Crippen LogP contribution < -0.4 is 15.4 Å². The number of amides is 2. The molecule has 0 radical (unpaired) electrons. The summed E-state index contributed by atoms with van der Waals surface area (Å²) in [4.78, 5) is 38.5. The monoisotopic (exact) mass is 407 g/mol. The highest BCUT2D eigenvalue weighted by atomic mass is 16.6. The lowest BCUT2D eigenvalue weighted by Gasteiger charge is -2.19. The molecule has 0 atom stereocenters. The third-order valence-electron chi connectivity index (χ3n) is 4.06. The average molecular weight is 408 g/mol. The fourth-order valence-corrected chi connectivity index (χ4v) is 2.63. The Morgan fingerprint density at radius 2 is 1.76 bits per heavy atom. The smallest absolute Gasteiger partial charge is 0.315 e. The maximum absolute atomic E-state index is 12.4. The first-order valence-corrected chi connectivity index (χ1v) is 9.79. The number of likely N-dealkylation sites (N-methyl/N-ethyl adjacent to an activating group) is 1. The number of ether oxygens (including phenoxy) is 2. The Morgan fingerprint density at radius 3 is 2.31 bits per heavy atom. The largest absolute Gasteiger partial charge is 0.496 e. The van der Waals surface area contributed by atoms with Crippen LogP contribution in [-0.2, 0) is 14.3 Å². The average Bonchev–Trinajstić information content (AvgIpc) is 2.63. The summed E-state index contributed by atoms with van der Waals surface area (Å²) in [6.07, 6.45) is -0.396. The maximum Gasteiger partial charge on any atom is 0.315 e. The van der Waals surface area contributed by atoms with Crippen molar-refractivity contribution in [2.75, 3.05) is 38.6 Å². The van der Waals surface area contributed by atoms with Crippen LogP contribution in [0, 0.1) is 0 Å². The summed E-state index contributed by atoms with van der Waals surface area (Å²) >= 11 is 0. The SMILES string of the molecule is CCN(CC)CCNC(=O)c1ccc(NC(=O)CC(=O)OC(C)(C)C)cc1OC. The molecule has 2 N–H and O–H groups in total. The van der Waals surface area contributed by atoms with Gasteiger partial charge in [0, 0.05) is 24.8 Å². The third-order valence-corrected chi connectivity index (χ3v) is 4.06. The Hall–Kier alpha value is -2.61. The van der Waals surface area contributed by atoms with Gasteiger partial charge in [-0.25, -0.2) is 0 Å². The highest BCUT2D eigenvalue weighted by molar-refractivity contribution is 6.03. The van der Waals surface area contributed by atoms with Crippen LogP contribution >= 0.6 is 0 Å². The van der Waals surface area contributed by atoms with Gasteiger partial charge in [-0.2, -0.15) is 0 Å². The molecule has 162 valence electrons. The zero-order valence-corrected chi connectivity index (χ0v) is 18.3. The first-order valence-electron chi connectivity index (χ1n) is 9.79. The number of methoxy groups -OCH3 is 1. The molecule has 0 aliphatic heterocycles. The van der Waals surface area contributed by atoms with Gasteiger partial charge in [-0.15, -0.1) is 0 Å². The van der Waals surface area contributed by atoms with Gasteiger partial charge >= 0.3 is 5.97 Å². The van der Waals surface area contributed by atoms with Gasteiger partial charge in [0.2, 0.25) is 5.91 Å². The molecule has 0 unspecified atom stereocenters. The third kappa shape index (κ3) is 8.95. The maximum atomic E-state index is 12.4. The number of benzene rings is 1. The van der Waals surface area contributed by atoms with E-state index in [4.69, 9.17) is 9.47 Å². The molecule has 8 heteroatoms. The number of hydrogen-bond acceptors (Lipinski definition) is 6. The molecule has 0 saturated heterocycles. The van der Waals surface area contributed by atoms with Gasteiger partial charge in [0.25, 0.3) is 5.91 Å². The molecule has 1 aromatic carbocycles. The summed E-state index contributed by atoms with van der Waals surface area (Å²) in [5.41, 5.74) is 0.147. The van der Waals surface area contributed by atoms with Crippen LogP contribution in [-0.4, -0.2) is 61.6 Å². The van der Waals surface area contributed by atoms with Gasteiger partial charge in [0.05, 0.1) is 12.7 Å². The predicted octanol–water partition coefficient (Wildman–Crippen LogP) is 2.44. The Kier molecular flexibility index (Phi) is 9.61. The van der Waals surface area contributed by atoms with Crippen LogP contribution in [0.15, 0.2) is 18.2 Å². The van der Waals surface area contributed by atoms with Crippen molar-refractivity contribution < 1.29 is 23.9 Å². The fourth-order valence-electron chi connectivity index (χ4n) is 2.63. The Morgan fingerprint density at radius 1 is 1.10 bits per heavy atom. The quantitative estimate of drug-likeness (QED) is 0.457. The first kappa shape index (κ1) is 24.4. The zero-order chi connectivity index (χ0) is 22.0. The molecule has 0 bridgehead atoms. The molecule has 2 amide bonds. The van der Waals surface area contributed by atoms with Gasteiger partial charge in [0.1, 0.15) is 17.8 Å². The molecule has 0 aliphatic rings. The zero-order valence-electron chi connectivity index (χ0n) is 18.3. The number of rotatable bonds is 10. The molecule has 29 heavy (non-hydrogen) atoms. The number of nitrogens with zero attached hydrogens (tertiary/aromatic N) is 1. The Balaban J connectivity index is 2.69. The molecule has 1 aromatic rings. The van der Waals surface area contributed by atoms with E-state index in [2.05, 4.69) is 29.4 Å². The van der Waals surface area contributed by atoms with Crippen molar-refractivity contribution >= 4 is 23.5 Å². The van der Waals surface area contributed by atoms with E-state index in [0.29, 0.717) is 23.5 Å². The summed E-state index contributed by atoms with van der Waals surface area (Å²) in [5.74, 6) is -1.02. The Bertz CT molecular complexity index is 709. The first-order chi connectivity index (χ1) is 13.6. The van der Waals surface area contributed by atoms with Crippen LogP contribution in [0.5, 0.6) is 5.75 Å². The number of anilines is 1. The van der Waals surface area contributed by atoms with E-state index in [9.17, 15) is 14.4 Å². The van der Waals surface area contributed by atoms with Gasteiger partial charge in [-0.05, 0) is 46.0 Å². The summed E-state index contributed by atoms with van der Waals surface area (Å²) in [5, 5.41) is 5.49. The lowest BCUT2D eigenvalue weighted by atomic mass is 10.1. The van der Waals surface area contributed by atoms with Crippen molar-refractivity contribution in [3.63, 3.8) is 0 Å². The predicted molar refractivity (Wildman–Crippen MR) is 112 cm³/mol. The van der Waals surface area contributed by atoms with Gasteiger partial charge in [-0.1, -0.05) is 13.8 Å². The second kappa shape index (κ2) is 11.4. The van der Waals surface area contributed by atoms with Crippen LogP contribution in [0.1, 0.15) is 51.4 Å². The van der Waals surface area contributed by atoms with Gasteiger partial charge in [0.15, 0.2) is 0 Å². The number of hydrogen-bond donors (Lipinski definition) is 2. The van der Waals surface area contributed by atoms with E-state index >= 15 is 0 Å². The summed E-state index contributed by atoms with van der Waals surface area (Å²) in [6, 6.07) is 4.72. The topological polar surface area (TPSA) is 97.0 Å². The van der Waals surface area contributed by atoms with Crippen LogP contribution in [0.4, 0.5) is 5.69 Å². The highest BCUT2D eigenvalue weighted by Gasteiger charge is 2.19. The molecule has 0 spiro atoms. The number of nitrogens with one attached hydrogen (secondary N) is 2. The molecule has 8 nitrogen and oxygen atoms in total.